The number of aromatic nitrogens is 1. The summed E-state index contributed by atoms with van der Waals surface area (Å²) < 4.78 is 0. The minimum Gasteiger partial charge on any atom is -0.311 e. The van der Waals surface area contributed by atoms with Gasteiger partial charge in [-0.05, 0) is 19.4 Å². The molecule has 2 aromatic rings. The Bertz CT molecular complexity index is 568. The van der Waals surface area contributed by atoms with Crippen LogP contribution in [0.25, 0.3) is 11.3 Å². The number of hydrogen-bond acceptors (Lipinski definition) is 2. The van der Waals surface area contributed by atoms with Crippen molar-refractivity contribution < 1.29 is 4.99 Å². The van der Waals surface area contributed by atoms with E-state index in [1.165, 1.54) is 22.5 Å². The van der Waals surface area contributed by atoms with Crippen LogP contribution in [0.15, 0.2) is 23.6 Å². The third kappa shape index (κ3) is 2.62. The highest BCUT2D eigenvalue weighted by Crippen LogP contribution is 2.25. The summed E-state index contributed by atoms with van der Waals surface area (Å²) in [6.07, 6.45) is 0. The second-order valence-corrected chi connectivity index (χ2v) is 4.79. The molecule has 0 saturated heterocycles. The van der Waals surface area contributed by atoms with Crippen molar-refractivity contribution in [2.45, 2.75) is 13.8 Å². The molecule has 4 nitrogen and oxygen atoms in total. The Kier molecular flexibility index (Phi) is 3.10. The number of hydrogen-bond donors (Lipinski definition) is 3. The smallest absolute Gasteiger partial charge is 0.303 e. The van der Waals surface area contributed by atoms with E-state index in [0.717, 1.165) is 11.3 Å². The van der Waals surface area contributed by atoms with Crippen LogP contribution in [0, 0.1) is 13.8 Å². The minimum absolute atomic E-state index is 0.159. The molecule has 0 aliphatic heterocycles. The molecule has 0 amide bonds. The Hall–Kier alpha value is -1.88. The second kappa shape index (κ2) is 4.55. The molecular formula is C12H15N4S+. The summed E-state index contributed by atoms with van der Waals surface area (Å²) in [6.45, 7) is 4.16. The third-order valence-electron chi connectivity index (χ3n) is 2.41. The first kappa shape index (κ1) is 11.6. The van der Waals surface area contributed by atoms with Gasteiger partial charge >= 0.3 is 5.96 Å². The predicted molar refractivity (Wildman–Crippen MR) is 71.0 cm³/mol. The van der Waals surface area contributed by atoms with Crippen LogP contribution < -0.4 is 16.5 Å². The van der Waals surface area contributed by atoms with E-state index in [4.69, 9.17) is 11.5 Å². The third-order valence-corrected chi connectivity index (χ3v) is 3.17. The van der Waals surface area contributed by atoms with Gasteiger partial charge in [0.15, 0.2) is 0 Å². The number of nitrogens with two attached hydrogens (primary N) is 2. The monoisotopic (exact) mass is 247 g/mol. The number of benzene rings is 1. The number of rotatable bonds is 2. The average Bonchev–Trinajstić information content (AvgIpc) is 2.65. The van der Waals surface area contributed by atoms with Gasteiger partial charge in [-0.15, -0.1) is 4.98 Å². The fourth-order valence-corrected chi connectivity index (χ4v) is 2.41. The number of nitrogens with one attached hydrogen (secondary N) is 1. The van der Waals surface area contributed by atoms with Crippen LogP contribution in [0.3, 0.4) is 0 Å². The zero-order chi connectivity index (χ0) is 12.4. The van der Waals surface area contributed by atoms with Crippen LogP contribution in [0.2, 0.25) is 0 Å². The standard InChI is InChI=1S/C12H14N4S/c1-7-3-4-9(8(2)5-7)10-6-17-12(15-10)16-11(13)14/h3-6H,1-2H3,(H4,13,14,15,16)/p+1. The number of thiazole rings is 1. The lowest BCUT2D eigenvalue weighted by molar-refractivity contribution is -0.355. The maximum absolute atomic E-state index is 5.37. The van der Waals surface area contributed by atoms with Gasteiger partial charge in [0.1, 0.15) is 5.69 Å². The van der Waals surface area contributed by atoms with Crippen molar-refractivity contribution in [1.29, 1.82) is 0 Å². The van der Waals surface area contributed by atoms with Gasteiger partial charge in [-0.25, -0.2) is 4.99 Å². The Morgan fingerprint density at radius 3 is 2.71 bits per heavy atom. The molecule has 0 radical (unpaired) electrons. The molecule has 0 spiro atoms. The maximum Gasteiger partial charge on any atom is 0.303 e. The van der Waals surface area contributed by atoms with Gasteiger partial charge in [-0.2, -0.15) is 0 Å². The van der Waals surface area contributed by atoms with Crippen LogP contribution in [-0.2, 0) is 0 Å². The van der Waals surface area contributed by atoms with Gasteiger partial charge in [-0.3, -0.25) is 0 Å². The first-order valence-corrected chi connectivity index (χ1v) is 6.12. The second-order valence-electron chi connectivity index (χ2n) is 3.94. The van der Waals surface area contributed by atoms with E-state index in [9.17, 15) is 0 Å². The average molecular weight is 247 g/mol. The molecule has 0 unspecified atom stereocenters. The Labute approximate surface area is 104 Å². The van der Waals surface area contributed by atoms with E-state index < -0.39 is 0 Å². The van der Waals surface area contributed by atoms with E-state index in [2.05, 4.69) is 42.0 Å². The Morgan fingerprint density at radius 1 is 1.29 bits per heavy atom. The molecule has 5 heteroatoms. The normalized spacial score (nSPS) is 10.2. The van der Waals surface area contributed by atoms with Crippen LogP contribution in [-0.4, -0.2) is 10.9 Å². The van der Waals surface area contributed by atoms with E-state index >= 15 is 0 Å². The summed E-state index contributed by atoms with van der Waals surface area (Å²) >= 11 is 1.48. The molecular weight excluding hydrogens is 232 g/mol. The molecule has 5 N–H and O–H groups in total. The summed E-state index contributed by atoms with van der Waals surface area (Å²) in [5.41, 5.74) is 15.3. The van der Waals surface area contributed by atoms with Crippen LogP contribution in [0.1, 0.15) is 11.1 Å². The molecule has 0 aliphatic carbocycles. The van der Waals surface area contributed by atoms with Gasteiger partial charge < -0.3 is 11.5 Å². The highest BCUT2D eigenvalue weighted by Gasteiger charge is 2.10. The molecule has 1 aromatic heterocycles. The van der Waals surface area contributed by atoms with Crippen molar-refractivity contribution in [3.8, 4) is 11.3 Å². The first-order valence-electron chi connectivity index (χ1n) is 5.24. The van der Waals surface area contributed by atoms with E-state index in [-0.39, 0.29) is 5.96 Å². The van der Waals surface area contributed by atoms with Crippen molar-refractivity contribution in [3.63, 3.8) is 0 Å². The van der Waals surface area contributed by atoms with Crippen molar-refractivity contribution in [2.24, 2.45) is 11.5 Å². The molecule has 0 atom stereocenters. The zero-order valence-corrected chi connectivity index (χ0v) is 10.6. The molecule has 0 fully saturated rings. The lowest BCUT2D eigenvalue weighted by Crippen LogP contribution is -2.72. The number of nitrogens with zero attached hydrogens (tertiary/aromatic N) is 1. The largest absolute Gasteiger partial charge is 0.311 e. The van der Waals surface area contributed by atoms with Crippen LogP contribution in [0.5, 0.6) is 0 Å². The van der Waals surface area contributed by atoms with Gasteiger partial charge in [0.2, 0.25) is 0 Å². The summed E-state index contributed by atoms with van der Waals surface area (Å²) in [6, 6.07) is 6.31. The van der Waals surface area contributed by atoms with E-state index in [0.29, 0.717) is 5.13 Å². The maximum atomic E-state index is 5.37. The first-order chi connectivity index (χ1) is 8.06. The van der Waals surface area contributed by atoms with Crippen molar-refractivity contribution in [3.05, 3.63) is 34.7 Å². The Balaban J connectivity index is 2.40. The SMILES string of the molecule is Cc1ccc(-c2csc([NH+]=C(N)N)n2)c(C)c1. The summed E-state index contributed by atoms with van der Waals surface area (Å²) in [4.78, 5) is 7.24. The molecule has 88 valence electrons. The topological polar surface area (TPSA) is 78.9 Å². The van der Waals surface area contributed by atoms with Gasteiger partial charge in [0.05, 0.1) is 0 Å². The highest BCUT2D eigenvalue weighted by molar-refractivity contribution is 7.13. The molecule has 17 heavy (non-hydrogen) atoms. The lowest BCUT2D eigenvalue weighted by atomic mass is 10.0. The minimum atomic E-state index is 0.159. The van der Waals surface area contributed by atoms with Gasteiger partial charge in [0.25, 0.3) is 5.13 Å². The number of guanidine groups is 1. The fourth-order valence-electron chi connectivity index (χ4n) is 1.68. The van der Waals surface area contributed by atoms with Crippen molar-refractivity contribution >= 4 is 22.4 Å². The summed E-state index contributed by atoms with van der Waals surface area (Å²) in [5, 5.41) is 2.70. The van der Waals surface area contributed by atoms with Crippen molar-refractivity contribution in [2.75, 3.05) is 0 Å². The predicted octanol–water partition coefficient (Wildman–Crippen LogP) is 0.412. The lowest BCUT2D eigenvalue weighted by Gasteiger charge is -2.01. The Morgan fingerprint density at radius 2 is 2.06 bits per heavy atom. The van der Waals surface area contributed by atoms with Gasteiger partial charge in [-0.1, -0.05) is 35.1 Å². The van der Waals surface area contributed by atoms with E-state index in [1.54, 1.807) is 0 Å². The van der Waals surface area contributed by atoms with Crippen LogP contribution >= 0.6 is 11.3 Å². The molecule has 0 saturated carbocycles. The fraction of sp³-hybridized carbons (Fsp3) is 0.167. The van der Waals surface area contributed by atoms with Crippen molar-refractivity contribution in [1.82, 2.24) is 4.98 Å². The summed E-state index contributed by atoms with van der Waals surface area (Å²) in [7, 11) is 0. The molecule has 0 bridgehead atoms. The van der Waals surface area contributed by atoms with Gasteiger partial charge in [0, 0.05) is 10.9 Å². The summed E-state index contributed by atoms with van der Waals surface area (Å²) in [5.74, 6) is 0.159. The quantitative estimate of drug-likeness (QED) is 0.531. The molecule has 2 rings (SSSR count). The molecule has 1 aromatic carbocycles. The molecule has 0 aliphatic rings. The van der Waals surface area contributed by atoms with E-state index in [1.807, 2.05) is 5.38 Å². The highest BCUT2D eigenvalue weighted by atomic mass is 32.1. The zero-order valence-electron chi connectivity index (χ0n) is 9.82. The number of aryl methyl sites for hydroxylation is 2. The molecule has 1 heterocycles. The van der Waals surface area contributed by atoms with Crippen LogP contribution in [0.4, 0.5) is 5.13 Å².